The summed E-state index contributed by atoms with van der Waals surface area (Å²) < 4.78 is 7.14. The van der Waals surface area contributed by atoms with Crippen molar-refractivity contribution in [2.24, 2.45) is 0 Å². The van der Waals surface area contributed by atoms with Crippen molar-refractivity contribution < 1.29 is 9.53 Å². The highest BCUT2D eigenvalue weighted by molar-refractivity contribution is 7.71. The summed E-state index contributed by atoms with van der Waals surface area (Å²) in [5.41, 5.74) is 0. The first-order valence-corrected chi connectivity index (χ1v) is 6.04. The van der Waals surface area contributed by atoms with Gasteiger partial charge in [0.05, 0.1) is 6.61 Å². The molecule has 6 nitrogen and oxygen atoms in total. The van der Waals surface area contributed by atoms with Crippen LogP contribution in [0.2, 0.25) is 0 Å². The SMILES string of the molecule is COCCNC(=O)Cn1c(C2CC2)n[nH]c1=S. The molecular formula is C10H16N4O2S. The lowest BCUT2D eigenvalue weighted by molar-refractivity contribution is -0.121. The van der Waals surface area contributed by atoms with Gasteiger partial charge in [-0.05, 0) is 25.1 Å². The average molecular weight is 256 g/mol. The Labute approximate surface area is 104 Å². The van der Waals surface area contributed by atoms with Crippen molar-refractivity contribution in [3.63, 3.8) is 0 Å². The normalized spacial score (nSPS) is 14.9. The molecule has 0 atom stereocenters. The van der Waals surface area contributed by atoms with Gasteiger partial charge >= 0.3 is 0 Å². The lowest BCUT2D eigenvalue weighted by Gasteiger charge is -2.07. The number of rotatable bonds is 6. The van der Waals surface area contributed by atoms with Crippen molar-refractivity contribution in [3.8, 4) is 0 Å². The highest BCUT2D eigenvalue weighted by atomic mass is 32.1. The fourth-order valence-corrected chi connectivity index (χ4v) is 1.83. The molecule has 0 unspecified atom stereocenters. The largest absolute Gasteiger partial charge is 0.383 e. The summed E-state index contributed by atoms with van der Waals surface area (Å²) in [6.07, 6.45) is 2.26. The van der Waals surface area contributed by atoms with Gasteiger partial charge in [-0.3, -0.25) is 14.5 Å². The topological polar surface area (TPSA) is 71.9 Å². The Morgan fingerprint density at radius 1 is 1.71 bits per heavy atom. The van der Waals surface area contributed by atoms with E-state index in [-0.39, 0.29) is 12.5 Å². The molecule has 1 fully saturated rings. The number of aromatic nitrogens is 3. The first-order valence-electron chi connectivity index (χ1n) is 5.63. The molecule has 1 heterocycles. The Balaban J connectivity index is 1.95. The molecule has 1 aliphatic carbocycles. The molecule has 2 rings (SSSR count). The fraction of sp³-hybridized carbons (Fsp3) is 0.700. The van der Waals surface area contributed by atoms with Crippen molar-refractivity contribution >= 4 is 18.1 Å². The van der Waals surface area contributed by atoms with Crippen molar-refractivity contribution in [3.05, 3.63) is 10.6 Å². The number of carbonyl (C=O) groups excluding carboxylic acids is 1. The van der Waals surface area contributed by atoms with Gasteiger partial charge in [0.1, 0.15) is 12.4 Å². The lowest BCUT2D eigenvalue weighted by Crippen LogP contribution is -2.30. The number of amides is 1. The second kappa shape index (κ2) is 5.42. The molecule has 7 heteroatoms. The minimum atomic E-state index is -0.0681. The van der Waals surface area contributed by atoms with Crippen LogP contribution >= 0.6 is 12.2 Å². The van der Waals surface area contributed by atoms with Gasteiger partial charge in [0, 0.05) is 19.6 Å². The van der Waals surface area contributed by atoms with Crippen LogP contribution in [-0.2, 0) is 16.1 Å². The molecule has 0 saturated heterocycles. The maximum Gasteiger partial charge on any atom is 0.240 e. The van der Waals surface area contributed by atoms with Crippen molar-refractivity contribution in [1.82, 2.24) is 20.1 Å². The van der Waals surface area contributed by atoms with Crippen molar-refractivity contribution in [2.45, 2.75) is 25.3 Å². The second-order valence-corrected chi connectivity index (χ2v) is 4.48. The van der Waals surface area contributed by atoms with Crippen LogP contribution in [0.3, 0.4) is 0 Å². The average Bonchev–Trinajstić information content (AvgIpc) is 3.07. The smallest absolute Gasteiger partial charge is 0.240 e. The summed E-state index contributed by atoms with van der Waals surface area (Å²) in [6.45, 7) is 1.25. The molecule has 17 heavy (non-hydrogen) atoms. The highest BCUT2D eigenvalue weighted by Crippen LogP contribution is 2.38. The quantitative estimate of drug-likeness (QED) is 0.577. The third-order valence-electron chi connectivity index (χ3n) is 2.66. The molecule has 1 aliphatic rings. The van der Waals surface area contributed by atoms with Crippen LogP contribution in [0.25, 0.3) is 0 Å². The Morgan fingerprint density at radius 2 is 2.47 bits per heavy atom. The maximum absolute atomic E-state index is 11.7. The molecule has 0 aromatic carbocycles. The number of hydrogen-bond donors (Lipinski definition) is 2. The van der Waals surface area contributed by atoms with Crippen LogP contribution in [0.15, 0.2) is 0 Å². The molecule has 1 amide bonds. The minimum Gasteiger partial charge on any atom is -0.383 e. The number of nitrogens with one attached hydrogen (secondary N) is 2. The van der Waals surface area contributed by atoms with Crippen LogP contribution in [0.4, 0.5) is 0 Å². The molecule has 1 aromatic rings. The number of carbonyl (C=O) groups is 1. The Morgan fingerprint density at radius 3 is 3.12 bits per heavy atom. The monoisotopic (exact) mass is 256 g/mol. The first kappa shape index (κ1) is 12.3. The number of aromatic amines is 1. The van der Waals surface area contributed by atoms with Crippen molar-refractivity contribution in [2.75, 3.05) is 20.3 Å². The van der Waals surface area contributed by atoms with Gasteiger partial charge < -0.3 is 10.1 Å². The van der Waals surface area contributed by atoms with Crippen LogP contribution in [0.5, 0.6) is 0 Å². The number of ether oxygens (including phenoxy) is 1. The highest BCUT2D eigenvalue weighted by Gasteiger charge is 2.29. The molecule has 2 N–H and O–H groups in total. The van der Waals surface area contributed by atoms with E-state index in [0.29, 0.717) is 23.8 Å². The maximum atomic E-state index is 11.7. The predicted molar refractivity (Wildman–Crippen MR) is 64.3 cm³/mol. The van der Waals surface area contributed by atoms with E-state index in [0.717, 1.165) is 18.7 Å². The third kappa shape index (κ3) is 3.13. The van der Waals surface area contributed by atoms with Gasteiger partial charge in [0.25, 0.3) is 0 Å². The Kier molecular flexibility index (Phi) is 3.90. The van der Waals surface area contributed by atoms with Crippen LogP contribution in [0.1, 0.15) is 24.6 Å². The van der Waals surface area contributed by atoms with E-state index in [1.54, 1.807) is 11.7 Å². The molecule has 0 radical (unpaired) electrons. The van der Waals surface area contributed by atoms with Crippen LogP contribution in [0, 0.1) is 4.77 Å². The first-order chi connectivity index (χ1) is 8.22. The van der Waals surface area contributed by atoms with E-state index in [9.17, 15) is 4.79 Å². The van der Waals surface area contributed by atoms with Gasteiger partial charge in [-0.1, -0.05) is 0 Å². The Bertz CT molecular complexity index is 449. The number of methoxy groups -OCH3 is 1. The molecule has 1 saturated carbocycles. The minimum absolute atomic E-state index is 0.0681. The van der Waals surface area contributed by atoms with Gasteiger partial charge in [0.15, 0.2) is 4.77 Å². The summed E-state index contributed by atoms with van der Waals surface area (Å²) >= 11 is 5.11. The van der Waals surface area contributed by atoms with Crippen LogP contribution < -0.4 is 5.32 Å². The Hall–Kier alpha value is -1.21. The summed E-state index contributed by atoms with van der Waals surface area (Å²) in [7, 11) is 1.60. The van der Waals surface area contributed by atoms with E-state index in [4.69, 9.17) is 17.0 Å². The number of hydrogen-bond acceptors (Lipinski definition) is 4. The summed E-state index contributed by atoms with van der Waals surface area (Å²) in [4.78, 5) is 11.7. The van der Waals surface area contributed by atoms with Gasteiger partial charge in [-0.25, -0.2) is 0 Å². The molecule has 0 aliphatic heterocycles. The van der Waals surface area contributed by atoms with E-state index in [1.165, 1.54) is 0 Å². The van der Waals surface area contributed by atoms with Crippen molar-refractivity contribution in [1.29, 1.82) is 0 Å². The standard InChI is InChI=1S/C10H16N4O2S/c1-16-5-4-11-8(15)6-14-9(7-2-3-7)12-13-10(14)17/h7H,2-6H2,1H3,(H,11,15)(H,13,17). The molecular weight excluding hydrogens is 240 g/mol. The van der Waals surface area contributed by atoms with Gasteiger partial charge in [0.2, 0.25) is 5.91 Å². The van der Waals surface area contributed by atoms with Gasteiger partial charge in [-0.15, -0.1) is 0 Å². The lowest BCUT2D eigenvalue weighted by atomic mass is 10.4. The number of nitrogens with zero attached hydrogens (tertiary/aromatic N) is 2. The fourth-order valence-electron chi connectivity index (χ4n) is 1.63. The summed E-state index contributed by atoms with van der Waals surface area (Å²) in [5, 5.41) is 9.67. The predicted octanol–water partition coefficient (Wildman–Crippen LogP) is 0.581. The van der Waals surface area contributed by atoms with Crippen LogP contribution in [-0.4, -0.2) is 40.9 Å². The van der Waals surface area contributed by atoms with E-state index >= 15 is 0 Å². The second-order valence-electron chi connectivity index (χ2n) is 4.09. The zero-order valence-corrected chi connectivity index (χ0v) is 10.5. The molecule has 1 aromatic heterocycles. The molecule has 0 spiro atoms. The zero-order valence-electron chi connectivity index (χ0n) is 9.73. The number of H-pyrrole nitrogens is 1. The third-order valence-corrected chi connectivity index (χ3v) is 2.97. The van der Waals surface area contributed by atoms with E-state index < -0.39 is 0 Å². The zero-order chi connectivity index (χ0) is 12.3. The molecule has 0 bridgehead atoms. The summed E-state index contributed by atoms with van der Waals surface area (Å²) in [6, 6.07) is 0. The van der Waals surface area contributed by atoms with Gasteiger partial charge in [-0.2, -0.15) is 5.10 Å². The van der Waals surface area contributed by atoms with E-state index in [1.807, 2.05) is 0 Å². The summed E-state index contributed by atoms with van der Waals surface area (Å²) in [5.74, 6) is 1.30. The molecule has 94 valence electrons. The van der Waals surface area contributed by atoms with E-state index in [2.05, 4.69) is 15.5 Å².